The molecule has 0 aromatic heterocycles. The molecule has 5 N–H and O–H groups in total. The van der Waals surface area contributed by atoms with Gasteiger partial charge in [-0.05, 0) is 18.2 Å². The average Bonchev–Trinajstić information content (AvgIpc) is 2.88. The van der Waals surface area contributed by atoms with Gasteiger partial charge in [0.25, 0.3) is 11.9 Å². The first-order valence-electron chi connectivity index (χ1n) is 7.74. The second-order valence-electron chi connectivity index (χ2n) is 5.65. The Morgan fingerprint density at radius 1 is 1.34 bits per heavy atom. The maximum absolute atomic E-state index is 13.1. The van der Waals surface area contributed by atoms with E-state index >= 15 is 0 Å². The molecule has 1 aliphatic heterocycles. The number of hydrogen-bond donors (Lipinski definition) is 3. The Balaban J connectivity index is 0.000000960. The molecule has 0 spiro atoms. The Bertz CT molecular complexity index is 797. The van der Waals surface area contributed by atoms with Crippen LogP contribution in [0.2, 0.25) is 5.02 Å². The fourth-order valence-electron chi connectivity index (χ4n) is 2.04. The minimum atomic E-state index is -4.88. The number of ether oxygens (including phenoxy) is 1. The number of halogens is 6. The summed E-state index contributed by atoms with van der Waals surface area (Å²) in [6, 6.07) is 3.19. The Labute approximate surface area is 166 Å². The normalized spacial score (nSPS) is 16.9. The van der Waals surface area contributed by atoms with Crippen molar-refractivity contribution in [3.05, 3.63) is 23.2 Å². The highest BCUT2D eigenvalue weighted by Gasteiger charge is 2.39. The zero-order valence-corrected chi connectivity index (χ0v) is 15.6. The highest BCUT2D eigenvalue weighted by Crippen LogP contribution is 2.33. The van der Waals surface area contributed by atoms with E-state index in [1.54, 1.807) is 0 Å². The van der Waals surface area contributed by atoms with Gasteiger partial charge in [-0.1, -0.05) is 11.6 Å². The number of guanidine groups is 2. The molecule has 1 aliphatic rings. The van der Waals surface area contributed by atoms with Gasteiger partial charge in [-0.15, -0.1) is 13.2 Å². The van der Waals surface area contributed by atoms with Crippen LogP contribution in [0.25, 0.3) is 0 Å². The van der Waals surface area contributed by atoms with Crippen LogP contribution >= 0.6 is 11.6 Å². The summed E-state index contributed by atoms with van der Waals surface area (Å²) in [5, 5.41) is 7.07. The highest BCUT2D eigenvalue weighted by molar-refractivity contribution is 6.32. The predicted octanol–water partition coefficient (Wildman–Crippen LogP) is 2.93. The highest BCUT2D eigenvalue weighted by atomic mass is 35.5. The van der Waals surface area contributed by atoms with Gasteiger partial charge >= 0.3 is 6.36 Å². The van der Waals surface area contributed by atoms with Gasteiger partial charge in [0.05, 0.1) is 17.3 Å². The topological polar surface area (TPSA) is 127 Å². The fourth-order valence-corrected chi connectivity index (χ4v) is 2.26. The summed E-state index contributed by atoms with van der Waals surface area (Å²) in [6.45, 7) is 0.524. The maximum atomic E-state index is 13.1. The van der Waals surface area contributed by atoms with Crippen molar-refractivity contribution in [2.45, 2.75) is 25.6 Å². The van der Waals surface area contributed by atoms with Crippen LogP contribution in [0.3, 0.4) is 0 Å². The van der Waals surface area contributed by atoms with Gasteiger partial charge in [0, 0.05) is 19.9 Å². The van der Waals surface area contributed by atoms with Crippen LogP contribution in [0, 0.1) is 0 Å². The number of carbonyl (C=O) groups is 1. The van der Waals surface area contributed by atoms with Crippen LogP contribution in [0.1, 0.15) is 13.3 Å². The largest absolute Gasteiger partial charge is 0.573 e. The maximum Gasteiger partial charge on any atom is 0.573 e. The van der Waals surface area contributed by atoms with Crippen LogP contribution in [0.4, 0.5) is 27.6 Å². The van der Waals surface area contributed by atoms with E-state index in [9.17, 15) is 22.0 Å². The molecular weight excluding hydrogens is 429 g/mol. The van der Waals surface area contributed by atoms with E-state index in [-0.39, 0.29) is 35.6 Å². The molecule has 8 nitrogen and oxygen atoms in total. The van der Waals surface area contributed by atoms with Crippen molar-refractivity contribution in [3.63, 3.8) is 0 Å². The van der Waals surface area contributed by atoms with Crippen molar-refractivity contribution >= 4 is 35.2 Å². The molecule has 1 heterocycles. The van der Waals surface area contributed by atoms with Gasteiger partial charge in [-0.25, -0.2) is 13.8 Å². The number of nitrogens with two attached hydrogens (primary N) is 2. The van der Waals surface area contributed by atoms with Crippen molar-refractivity contribution in [1.82, 2.24) is 4.90 Å². The summed E-state index contributed by atoms with van der Waals surface area (Å²) in [5.74, 6) is -4.89. The number of carboxylic acids is 1. The molecule has 0 bridgehead atoms. The van der Waals surface area contributed by atoms with Gasteiger partial charge in [-0.3, -0.25) is 4.79 Å². The van der Waals surface area contributed by atoms with Crippen LogP contribution in [-0.4, -0.2) is 53.3 Å². The molecule has 1 aromatic rings. The zero-order chi connectivity index (χ0) is 22.4. The minimum absolute atomic E-state index is 0.0188. The third kappa shape index (κ3) is 9.27. The summed E-state index contributed by atoms with van der Waals surface area (Å²) in [4.78, 5) is 17.6. The number of nitrogens with zero attached hydrogens (tertiary/aromatic N) is 3. The molecule has 0 amide bonds. The number of aliphatic imine (C=N–C) groups is 2. The number of aliphatic carboxylic acids is 1. The lowest BCUT2D eigenvalue weighted by Gasteiger charge is -2.16. The zero-order valence-electron chi connectivity index (χ0n) is 14.9. The summed E-state index contributed by atoms with van der Waals surface area (Å²) >= 11 is 5.67. The number of alkyl halides is 5. The number of rotatable bonds is 2. The van der Waals surface area contributed by atoms with Crippen LogP contribution in [-0.2, 0) is 4.79 Å². The first kappa shape index (κ1) is 24.2. The molecular formula is C15H17ClF5N5O3. The van der Waals surface area contributed by atoms with E-state index in [1.165, 1.54) is 0 Å². The molecule has 29 heavy (non-hydrogen) atoms. The first-order valence-corrected chi connectivity index (χ1v) is 8.12. The summed E-state index contributed by atoms with van der Waals surface area (Å²) in [7, 11) is 0. The van der Waals surface area contributed by atoms with Crippen molar-refractivity contribution in [2.75, 3.05) is 13.1 Å². The standard InChI is InChI=1S/C13H13ClF5N5O.C2H4O2/c14-8-5-7(1-2-9(8)25-13(17,18)19)22-10(20)23-11(21)24-4-3-12(15,16)6-24;1-2(3)4/h1-2,5H,3-4,6H2,(H4,20,21,22,23);1H3,(H,3,4). The molecule has 1 saturated heterocycles. The van der Waals surface area contributed by atoms with Crippen LogP contribution in [0.15, 0.2) is 28.2 Å². The fraction of sp³-hybridized carbons (Fsp3) is 0.400. The molecule has 0 saturated carbocycles. The number of carboxylic acid groups (broad SMARTS) is 1. The third-order valence-corrected chi connectivity index (χ3v) is 3.40. The Hall–Kier alpha value is -2.83. The van der Waals surface area contributed by atoms with Crippen molar-refractivity contribution < 1.29 is 36.6 Å². The molecule has 0 aliphatic carbocycles. The molecule has 0 atom stereocenters. The van der Waals surface area contributed by atoms with E-state index in [4.69, 9.17) is 33.0 Å². The SMILES string of the molecule is CC(=O)O.NC(=Nc1ccc(OC(F)(F)F)c(Cl)c1)N=C(N)N1CCC(F)(F)C1. The molecule has 14 heteroatoms. The molecule has 1 aromatic carbocycles. The lowest BCUT2D eigenvalue weighted by molar-refractivity contribution is -0.274. The monoisotopic (exact) mass is 445 g/mol. The second kappa shape index (κ2) is 9.58. The van der Waals surface area contributed by atoms with Crippen molar-refractivity contribution in [1.29, 1.82) is 0 Å². The van der Waals surface area contributed by atoms with Gasteiger partial charge in [0.1, 0.15) is 5.75 Å². The summed E-state index contributed by atoms with van der Waals surface area (Å²) in [6.07, 6.45) is -5.24. The Kier molecular flexibility index (Phi) is 8.00. The lowest BCUT2D eigenvalue weighted by atomic mass is 10.3. The number of benzene rings is 1. The molecule has 162 valence electrons. The van der Waals surface area contributed by atoms with Crippen LogP contribution < -0.4 is 16.2 Å². The van der Waals surface area contributed by atoms with Crippen molar-refractivity contribution in [2.24, 2.45) is 21.5 Å². The van der Waals surface area contributed by atoms with Crippen LogP contribution in [0.5, 0.6) is 5.75 Å². The Morgan fingerprint density at radius 2 is 1.93 bits per heavy atom. The van der Waals surface area contributed by atoms with E-state index < -0.39 is 30.5 Å². The summed E-state index contributed by atoms with van der Waals surface area (Å²) in [5.41, 5.74) is 11.2. The van der Waals surface area contributed by atoms with Gasteiger partial charge in [0.15, 0.2) is 5.96 Å². The van der Waals surface area contributed by atoms with E-state index in [2.05, 4.69) is 14.7 Å². The molecule has 0 unspecified atom stereocenters. The first-order chi connectivity index (χ1) is 13.2. The van der Waals surface area contributed by atoms with Gasteiger partial charge < -0.3 is 26.2 Å². The predicted molar refractivity (Wildman–Crippen MR) is 95.5 cm³/mol. The van der Waals surface area contributed by atoms with Gasteiger partial charge in [0.2, 0.25) is 5.96 Å². The lowest BCUT2D eigenvalue weighted by Crippen LogP contribution is -2.38. The van der Waals surface area contributed by atoms with E-state index in [0.29, 0.717) is 0 Å². The Morgan fingerprint density at radius 3 is 2.38 bits per heavy atom. The van der Waals surface area contributed by atoms with Gasteiger partial charge in [-0.2, -0.15) is 4.99 Å². The molecule has 2 rings (SSSR count). The van der Waals surface area contributed by atoms with E-state index in [0.717, 1.165) is 30.0 Å². The smallest absolute Gasteiger partial charge is 0.481 e. The summed E-state index contributed by atoms with van der Waals surface area (Å²) < 4.78 is 66.4. The third-order valence-electron chi connectivity index (χ3n) is 3.11. The average molecular weight is 446 g/mol. The molecule has 0 radical (unpaired) electrons. The van der Waals surface area contributed by atoms with Crippen molar-refractivity contribution in [3.8, 4) is 5.75 Å². The quantitative estimate of drug-likeness (QED) is 0.365. The second-order valence-corrected chi connectivity index (χ2v) is 6.06. The minimum Gasteiger partial charge on any atom is -0.481 e. The van der Waals surface area contributed by atoms with E-state index in [1.807, 2.05) is 0 Å². The number of likely N-dealkylation sites (tertiary alicyclic amines) is 1. The molecule has 1 fully saturated rings. The number of hydrogen-bond acceptors (Lipinski definition) is 3.